The fourth-order valence-electron chi connectivity index (χ4n) is 4.21. The molecule has 0 aliphatic heterocycles. The molecular weight excluding hydrogens is 565 g/mol. The van der Waals surface area contributed by atoms with Crippen molar-refractivity contribution in [2.24, 2.45) is 0 Å². The highest BCUT2D eigenvalue weighted by Gasteiger charge is 2.30. The van der Waals surface area contributed by atoms with Crippen LogP contribution >= 0.6 is 11.3 Å². The van der Waals surface area contributed by atoms with Gasteiger partial charge in [0.2, 0.25) is 0 Å². The number of hydrogen-bond acceptors (Lipinski definition) is 6. The number of hydrogen-bond donors (Lipinski definition) is 2. The Labute approximate surface area is 245 Å². The Balaban J connectivity index is 1.35. The average molecular weight is 595 g/mol. The van der Waals surface area contributed by atoms with Crippen molar-refractivity contribution in [3.8, 4) is 16.3 Å². The molecule has 0 spiro atoms. The number of nitrogens with one attached hydrogen (secondary N) is 1. The van der Waals surface area contributed by atoms with Crippen LogP contribution in [-0.2, 0) is 30.4 Å². The zero-order chi connectivity index (χ0) is 30.3. The van der Waals surface area contributed by atoms with Crippen LogP contribution < -0.4 is 10.1 Å². The van der Waals surface area contributed by atoms with Crippen LogP contribution in [0.5, 0.6) is 5.75 Å². The number of aryl methyl sites for hydroxylation is 1. The van der Waals surface area contributed by atoms with Gasteiger partial charge < -0.3 is 15.2 Å². The van der Waals surface area contributed by atoms with E-state index in [1.54, 1.807) is 35.6 Å². The van der Waals surface area contributed by atoms with E-state index in [2.05, 4.69) is 12.2 Å². The van der Waals surface area contributed by atoms with Gasteiger partial charge in [-0.1, -0.05) is 61.5 Å². The molecule has 0 fully saturated rings. The Morgan fingerprint density at radius 2 is 1.69 bits per heavy atom. The van der Waals surface area contributed by atoms with E-state index in [9.17, 15) is 27.9 Å². The minimum atomic E-state index is -4.50. The number of thiazole rings is 1. The van der Waals surface area contributed by atoms with Crippen molar-refractivity contribution in [2.75, 3.05) is 0 Å². The van der Waals surface area contributed by atoms with Crippen LogP contribution in [0, 0.1) is 0 Å². The van der Waals surface area contributed by atoms with Gasteiger partial charge in [0.15, 0.2) is 5.78 Å². The number of carboxylic acid groups (broad SMARTS) is 1. The Bertz CT molecular complexity index is 1550. The Morgan fingerprint density at radius 1 is 1.02 bits per heavy atom. The molecule has 218 valence electrons. The number of aliphatic carboxylic acids is 1. The van der Waals surface area contributed by atoms with Crippen molar-refractivity contribution in [1.82, 2.24) is 10.3 Å². The van der Waals surface area contributed by atoms with Crippen molar-refractivity contribution in [3.63, 3.8) is 0 Å². The van der Waals surface area contributed by atoms with Gasteiger partial charge >= 0.3 is 12.1 Å². The van der Waals surface area contributed by atoms with Gasteiger partial charge in [0.25, 0.3) is 0 Å². The summed E-state index contributed by atoms with van der Waals surface area (Å²) in [6, 6.07) is 19.9. The van der Waals surface area contributed by atoms with Gasteiger partial charge in [-0.05, 0) is 43.2 Å². The number of carbonyl (C=O) groups is 2. The van der Waals surface area contributed by atoms with Gasteiger partial charge in [0.1, 0.15) is 23.4 Å². The maximum Gasteiger partial charge on any atom is 0.416 e. The normalized spacial score (nSPS) is 12.5. The van der Waals surface area contributed by atoms with E-state index < -0.39 is 29.5 Å². The molecule has 0 saturated carbocycles. The molecule has 1 aromatic heterocycles. The highest BCUT2D eigenvalue weighted by molar-refractivity contribution is 7.15. The lowest BCUT2D eigenvalue weighted by molar-refractivity contribution is -0.139. The van der Waals surface area contributed by atoms with Crippen molar-refractivity contribution in [1.29, 1.82) is 0 Å². The number of halogens is 3. The molecule has 0 bridgehead atoms. The summed E-state index contributed by atoms with van der Waals surface area (Å²) in [5.41, 5.74) is 2.16. The summed E-state index contributed by atoms with van der Waals surface area (Å²) in [4.78, 5) is 30.3. The number of ketones is 1. The van der Waals surface area contributed by atoms with Gasteiger partial charge in [-0.3, -0.25) is 4.79 Å². The van der Waals surface area contributed by atoms with Gasteiger partial charge in [-0.15, -0.1) is 11.3 Å². The molecule has 1 heterocycles. The average Bonchev–Trinajstić information content (AvgIpc) is 3.40. The van der Waals surface area contributed by atoms with E-state index in [0.717, 1.165) is 57.4 Å². The third kappa shape index (κ3) is 8.07. The Hall–Kier alpha value is -4.44. The topological polar surface area (TPSA) is 88.5 Å². The van der Waals surface area contributed by atoms with Crippen molar-refractivity contribution in [3.05, 3.63) is 118 Å². The molecule has 3 aromatic carbocycles. The van der Waals surface area contributed by atoms with E-state index in [1.807, 2.05) is 30.3 Å². The van der Waals surface area contributed by atoms with E-state index in [1.165, 1.54) is 13.0 Å². The minimum Gasteiger partial charge on any atom is -0.487 e. The van der Waals surface area contributed by atoms with Gasteiger partial charge in [-0.2, -0.15) is 13.2 Å². The molecule has 0 aliphatic carbocycles. The molecule has 0 aliphatic rings. The predicted molar refractivity (Wildman–Crippen MR) is 155 cm³/mol. The molecule has 1 atom stereocenters. The highest BCUT2D eigenvalue weighted by Crippen LogP contribution is 2.30. The minimum absolute atomic E-state index is 0.0617. The van der Waals surface area contributed by atoms with Gasteiger partial charge in [0.05, 0.1) is 11.3 Å². The number of alkyl halides is 3. The van der Waals surface area contributed by atoms with Crippen LogP contribution in [0.25, 0.3) is 10.6 Å². The molecule has 0 unspecified atom stereocenters. The number of carboxylic acids is 1. The third-order valence-electron chi connectivity index (χ3n) is 6.40. The summed E-state index contributed by atoms with van der Waals surface area (Å²) < 4.78 is 44.3. The lowest BCUT2D eigenvalue weighted by Crippen LogP contribution is -2.37. The second-order valence-electron chi connectivity index (χ2n) is 9.55. The van der Waals surface area contributed by atoms with Gasteiger partial charge in [0, 0.05) is 34.2 Å². The molecule has 42 heavy (non-hydrogen) atoms. The fourth-order valence-corrected chi connectivity index (χ4v) is 5.22. The highest BCUT2D eigenvalue weighted by atomic mass is 32.1. The van der Waals surface area contributed by atoms with E-state index >= 15 is 0 Å². The zero-order valence-electron chi connectivity index (χ0n) is 22.9. The molecule has 4 rings (SSSR count). The molecule has 0 radical (unpaired) electrons. The molecule has 4 aromatic rings. The zero-order valence-corrected chi connectivity index (χ0v) is 23.8. The summed E-state index contributed by atoms with van der Waals surface area (Å²) in [6.07, 6.45) is -2.36. The molecule has 10 heteroatoms. The monoisotopic (exact) mass is 594 g/mol. The van der Waals surface area contributed by atoms with Gasteiger partial charge in [-0.25, -0.2) is 9.78 Å². The number of allylic oxidation sites excluding steroid dienone is 2. The first-order valence-corrected chi connectivity index (χ1v) is 14.0. The summed E-state index contributed by atoms with van der Waals surface area (Å²) in [5, 5.41) is 13.5. The fraction of sp³-hybridized carbons (Fsp3) is 0.219. The van der Waals surface area contributed by atoms with E-state index in [4.69, 9.17) is 9.72 Å². The van der Waals surface area contributed by atoms with Crippen LogP contribution in [0.1, 0.15) is 45.9 Å². The molecule has 0 amide bonds. The Morgan fingerprint density at radius 3 is 2.29 bits per heavy atom. The van der Waals surface area contributed by atoms with Crippen molar-refractivity contribution < 1.29 is 32.6 Å². The summed E-state index contributed by atoms with van der Waals surface area (Å²) >= 11 is 1.65. The number of benzene rings is 3. The lowest BCUT2D eigenvalue weighted by atomic mass is 10.0. The number of aromatic nitrogens is 1. The molecule has 0 saturated heterocycles. The number of rotatable bonds is 12. The third-order valence-corrected chi connectivity index (χ3v) is 7.69. The first-order valence-electron chi connectivity index (χ1n) is 13.2. The second-order valence-corrected chi connectivity index (χ2v) is 10.6. The molecular formula is C32H29F3N2O4S. The first kappa shape index (κ1) is 30.5. The smallest absolute Gasteiger partial charge is 0.416 e. The Kier molecular flexibility index (Phi) is 9.80. The lowest BCUT2D eigenvalue weighted by Gasteiger charge is -2.16. The SMILES string of the molecule is CCc1sc(-c2ccccc2)nc1COc1ccc(C[C@H](N/C(C)=C/C(=O)c2ccc(C(F)(F)F)cc2)C(=O)O)cc1. The van der Waals surface area contributed by atoms with Crippen molar-refractivity contribution in [2.45, 2.75) is 45.5 Å². The molecule has 2 N–H and O–H groups in total. The second kappa shape index (κ2) is 13.5. The van der Waals surface area contributed by atoms with Crippen LogP contribution in [0.3, 0.4) is 0 Å². The quantitative estimate of drug-likeness (QED) is 0.132. The molecule has 6 nitrogen and oxygen atoms in total. The van der Waals surface area contributed by atoms with Crippen LogP contribution in [0.2, 0.25) is 0 Å². The number of carbonyl (C=O) groups excluding carboxylic acids is 1. The summed E-state index contributed by atoms with van der Waals surface area (Å²) in [5.74, 6) is -1.04. The maximum atomic E-state index is 12.8. The summed E-state index contributed by atoms with van der Waals surface area (Å²) in [7, 11) is 0. The number of ether oxygens (including phenoxy) is 1. The van der Waals surface area contributed by atoms with Crippen LogP contribution in [0.4, 0.5) is 13.2 Å². The van der Waals surface area contributed by atoms with E-state index in [-0.39, 0.29) is 17.7 Å². The van der Waals surface area contributed by atoms with Crippen LogP contribution in [0.15, 0.2) is 90.6 Å². The number of nitrogens with zero attached hydrogens (tertiary/aromatic N) is 1. The van der Waals surface area contributed by atoms with E-state index in [0.29, 0.717) is 12.4 Å². The van der Waals surface area contributed by atoms with Crippen molar-refractivity contribution >= 4 is 23.1 Å². The largest absolute Gasteiger partial charge is 0.487 e. The maximum absolute atomic E-state index is 12.8. The summed E-state index contributed by atoms with van der Waals surface area (Å²) in [6.45, 7) is 3.91. The van der Waals surface area contributed by atoms with Crippen LogP contribution in [-0.4, -0.2) is 27.9 Å². The standard InChI is InChI=1S/C32H29F3N2O4S/c1-3-29-27(37-30(42-29)23-7-5-4-6-8-23)19-41-25-15-9-21(10-16-25)18-26(31(39)40)36-20(2)17-28(38)22-11-13-24(14-12-22)32(33,34)35/h4-17,26,36H,3,18-19H2,1-2H3,(H,39,40)/b20-17+/t26-/m0/s1. The first-order chi connectivity index (χ1) is 20.0. The predicted octanol–water partition coefficient (Wildman–Crippen LogP) is 7.34.